The molecule has 0 spiro atoms. The second kappa shape index (κ2) is 9.16. The maximum Gasteiger partial charge on any atom is 0.419 e. The highest BCUT2D eigenvalue weighted by atomic mass is 79.9. The summed E-state index contributed by atoms with van der Waals surface area (Å²) in [6.07, 6.45) is -0.682. The fourth-order valence-electron chi connectivity index (χ4n) is 4.91. The second-order valence-electron chi connectivity index (χ2n) is 8.68. The van der Waals surface area contributed by atoms with Gasteiger partial charge in [0.1, 0.15) is 5.54 Å². The molecule has 1 heterocycles. The van der Waals surface area contributed by atoms with E-state index in [9.17, 15) is 9.59 Å². The summed E-state index contributed by atoms with van der Waals surface area (Å²) in [5.41, 5.74) is 1.33. The van der Waals surface area contributed by atoms with Gasteiger partial charge >= 0.3 is 6.09 Å². The minimum atomic E-state index is -1.46. The van der Waals surface area contributed by atoms with Gasteiger partial charge in [-0.25, -0.2) is 9.69 Å². The Labute approximate surface area is 213 Å². The lowest BCUT2D eigenvalue weighted by molar-refractivity contribution is -0.138. The standard InChI is InChI=1S/C30H24BrNO3/c1-29(26-19-11-12-22(20-26)21-31)27(33)32(28(34)35-29)30(23-13-5-2-6-14-23,24-15-7-3-8-16-24)25-17-9-4-10-18-25/h2-20H,21H2,1H3. The van der Waals surface area contributed by atoms with Crippen LogP contribution in [0, 0.1) is 0 Å². The summed E-state index contributed by atoms with van der Waals surface area (Å²) in [4.78, 5) is 29.4. The quantitative estimate of drug-likeness (QED) is 0.206. The molecule has 1 atom stereocenters. The average molecular weight is 526 g/mol. The predicted molar refractivity (Wildman–Crippen MR) is 139 cm³/mol. The molecule has 1 aliphatic rings. The van der Waals surface area contributed by atoms with Gasteiger partial charge in [0.25, 0.3) is 5.91 Å². The van der Waals surface area contributed by atoms with Crippen molar-refractivity contribution in [2.24, 2.45) is 0 Å². The molecule has 1 unspecified atom stereocenters. The van der Waals surface area contributed by atoms with Gasteiger partial charge in [-0.05, 0) is 29.2 Å². The maximum absolute atomic E-state index is 14.4. The van der Waals surface area contributed by atoms with Crippen molar-refractivity contribution in [3.8, 4) is 0 Å². The van der Waals surface area contributed by atoms with Gasteiger partial charge in [-0.3, -0.25) is 4.79 Å². The molecule has 1 fully saturated rings. The van der Waals surface area contributed by atoms with Crippen LogP contribution in [0.2, 0.25) is 0 Å². The highest BCUT2D eigenvalue weighted by molar-refractivity contribution is 9.08. The van der Waals surface area contributed by atoms with E-state index in [0.717, 1.165) is 22.3 Å². The average Bonchev–Trinajstić information content (AvgIpc) is 3.15. The van der Waals surface area contributed by atoms with Crippen molar-refractivity contribution < 1.29 is 14.3 Å². The molecule has 4 nitrogen and oxygen atoms in total. The molecule has 1 aliphatic heterocycles. The number of imide groups is 1. The molecule has 5 rings (SSSR count). The Balaban J connectivity index is 1.79. The van der Waals surface area contributed by atoms with Gasteiger partial charge in [-0.2, -0.15) is 0 Å². The SMILES string of the molecule is CC1(c2cccc(CBr)c2)OC(=O)N(C(c2ccccc2)(c2ccccc2)c2ccccc2)C1=O. The number of rotatable bonds is 6. The summed E-state index contributed by atoms with van der Waals surface area (Å²) >= 11 is 3.48. The van der Waals surface area contributed by atoms with Crippen molar-refractivity contribution in [3.63, 3.8) is 0 Å². The molecule has 0 aliphatic carbocycles. The molecular formula is C30H24BrNO3. The van der Waals surface area contributed by atoms with Gasteiger partial charge in [0, 0.05) is 10.9 Å². The summed E-state index contributed by atoms with van der Waals surface area (Å²) in [6.45, 7) is 1.67. The van der Waals surface area contributed by atoms with Crippen LogP contribution in [0.15, 0.2) is 115 Å². The minimum Gasteiger partial charge on any atom is -0.428 e. The summed E-state index contributed by atoms with van der Waals surface area (Å²) in [7, 11) is 0. The van der Waals surface area contributed by atoms with Crippen LogP contribution in [0.4, 0.5) is 4.79 Å². The highest BCUT2D eigenvalue weighted by Crippen LogP contribution is 2.48. The minimum absolute atomic E-state index is 0.411. The molecule has 35 heavy (non-hydrogen) atoms. The summed E-state index contributed by atoms with van der Waals surface area (Å²) < 4.78 is 5.95. The van der Waals surface area contributed by atoms with Crippen LogP contribution in [0.1, 0.15) is 34.7 Å². The van der Waals surface area contributed by atoms with Crippen molar-refractivity contribution in [2.75, 3.05) is 0 Å². The van der Waals surface area contributed by atoms with Crippen molar-refractivity contribution in [3.05, 3.63) is 143 Å². The topological polar surface area (TPSA) is 46.6 Å². The Morgan fingerprint density at radius 2 is 1.23 bits per heavy atom. The molecular weight excluding hydrogens is 502 g/mol. The number of ether oxygens (including phenoxy) is 1. The molecule has 174 valence electrons. The molecule has 0 bridgehead atoms. The van der Waals surface area contributed by atoms with Gasteiger partial charge in [-0.1, -0.05) is 131 Å². The van der Waals surface area contributed by atoms with E-state index >= 15 is 0 Å². The van der Waals surface area contributed by atoms with Crippen molar-refractivity contribution in [2.45, 2.75) is 23.4 Å². The zero-order chi connectivity index (χ0) is 24.5. The van der Waals surface area contributed by atoms with Gasteiger partial charge in [0.05, 0.1) is 0 Å². The summed E-state index contributed by atoms with van der Waals surface area (Å²) in [5.74, 6) is -0.411. The smallest absolute Gasteiger partial charge is 0.419 e. The summed E-state index contributed by atoms with van der Waals surface area (Å²) in [6, 6.07) is 36.5. The number of carbonyl (C=O) groups is 2. The van der Waals surface area contributed by atoms with E-state index in [0.29, 0.717) is 10.9 Å². The lowest BCUT2D eigenvalue weighted by Gasteiger charge is -2.41. The van der Waals surface area contributed by atoms with E-state index in [1.54, 1.807) is 6.92 Å². The van der Waals surface area contributed by atoms with Crippen LogP contribution in [-0.2, 0) is 26.0 Å². The number of benzene rings is 4. The number of hydrogen-bond acceptors (Lipinski definition) is 3. The van der Waals surface area contributed by atoms with Crippen LogP contribution in [0.5, 0.6) is 0 Å². The number of halogens is 1. The van der Waals surface area contributed by atoms with Crippen LogP contribution in [0.25, 0.3) is 0 Å². The number of cyclic esters (lactones) is 1. The second-order valence-corrected chi connectivity index (χ2v) is 9.25. The molecule has 0 saturated carbocycles. The third-order valence-electron chi connectivity index (χ3n) is 6.63. The van der Waals surface area contributed by atoms with E-state index in [4.69, 9.17) is 4.74 Å². The fourth-order valence-corrected chi connectivity index (χ4v) is 5.26. The highest BCUT2D eigenvalue weighted by Gasteiger charge is 2.60. The molecule has 0 radical (unpaired) electrons. The van der Waals surface area contributed by atoms with Crippen molar-refractivity contribution in [1.82, 2.24) is 4.90 Å². The predicted octanol–water partition coefficient (Wildman–Crippen LogP) is 6.77. The molecule has 4 aromatic carbocycles. The van der Waals surface area contributed by atoms with E-state index < -0.39 is 23.1 Å². The van der Waals surface area contributed by atoms with E-state index in [1.165, 1.54) is 4.90 Å². The third-order valence-corrected chi connectivity index (χ3v) is 7.27. The third kappa shape index (κ3) is 3.67. The first-order valence-corrected chi connectivity index (χ1v) is 12.5. The van der Waals surface area contributed by atoms with Crippen molar-refractivity contribution in [1.29, 1.82) is 0 Å². The van der Waals surface area contributed by atoms with Gasteiger partial charge in [0.2, 0.25) is 5.60 Å². The van der Waals surface area contributed by atoms with Gasteiger partial charge in [0.15, 0.2) is 0 Å². The normalized spacial score (nSPS) is 17.9. The maximum atomic E-state index is 14.4. The van der Waals surface area contributed by atoms with E-state index in [-0.39, 0.29) is 0 Å². The molecule has 2 amide bonds. The van der Waals surface area contributed by atoms with Crippen LogP contribution >= 0.6 is 15.9 Å². The van der Waals surface area contributed by atoms with Gasteiger partial charge < -0.3 is 4.74 Å². The van der Waals surface area contributed by atoms with Crippen molar-refractivity contribution >= 4 is 27.9 Å². The molecule has 4 aromatic rings. The Morgan fingerprint density at radius 3 is 1.69 bits per heavy atom. The Hall–Kier alpha value is -3.70. The Kier molecular flexibility index (Phi) is 6.03. The Morgan fingerprint density at radius 1 is 0.743 bits per heavy atom. The lowest BCUT2D eigenvalue weighted by Crippen LogP contribution is -2.52. The molecule has 5 heteroatoms. The molecule has 0 aromatic heterocycles. The fraction of sp³-hybridized carbons (Fsp3) is 0.133. The first-order valence-electron chi connectivity index (χ1n) is 11.4. The van der Waals surface area contributed by atoms with Crippen LogP contribution in [-0.4, -0.2) is 16.9 Å². The van der Waals surface area contributed by atoms with E-state index in [2.05, 4.69) is 15.9 Å². The first kappa shape index (κ1) is 23.1. The Bertz CT molecular complexity index is 1260. The number of carbonyl (C=O) groups excluding carboxylic acids is 2. The number of nitrogens with zero attached hydrogens (tertiary/aromatic N) is 1. The number of hydrogen-bond donors (Lipinski definition) is 0. The largest absolute Gasteiger partial charge is 0.428 e. The monoisotopic (exact) mass is 525 g/mol. The lowest BCUT2D eigenvalue weighted by atomic mass is 9.75. The molecule has 1 saturated heterocycles. The van der Waals surface area contributed by atoms with Gasteiger partial charge in [-0.15, -0.1) is 0 Å². The van der Waals surface area contributed by atoms with Crippen LogP contribution in [0.3, 0.4) is 0 Å². The van der Waals surface area contributed by atoms with E-state index in [1.807, 2.05) is 115 Å². The summed E-state index contributed by atoms with van der Waals surface area (Å²) in [5, 5.41) is 0.630. The zero-order valence-electron chi connectivity index (χ0n) is 19.2. The molecule has 0 N–H and O–H groups in total. The number of alkyl halides is 1. The first-order chi connectivity index (χ1) is 17.0. The number of amides is 2. The van der Waals surface area contributed by atoms with Crippen LogP contribution < -0.4 is 0 Å². The zero-order valence-corrected chi connectivity index (χ0v) is 20.8.